The van der Waals surface area contributed by atoms with Crippen molar-refractivity contribution in [2.24, 2.45) is 5.41 Å². The van der Waals surface area contributed by atoms with Crippen LogP contribution in [0.5, 0.6) is 0 Å². The molecular weight excluding hydrogens is 132 g/mol. The third-order valence-corrected chi connectivity index (χ3v) is 2.13. The van der Waals surface area contributed by atoms with E-state index in [9.17, 15) is 0 Å². The molecule has 0 unspecified atom stereocenters. The molecule has 1 aliphatic rings. The monoisotopic (exact) mass is 146 g/mol. The van der Waals surface area contributed by atoms with Crippen LogP contribution in [0.2, 0.25) is 0 Å². The number of allylic oxidation sites excluding steroid dienone is 6. The summed E-state index contributed by atoms with van der Waals surface area (Å²) in [5.41, 5.74) is 1.39. The van der Waals surface area contributed by atoms with Crippen molar-refractivity contribution < 1.29 is 0 Å². The first kappa shape index (κ1) is 8.06. The molecule has 58 valence electrons. The summed E-state index contributed by atoms with van der Waals surface area (Å²) in [6.07, 6.45) is 11.3. The van der Waals surface area contributed by atoms with E-state index >= 15 is 0 Å². The van der Waals surface area contributed by atoms with E-state index in [2.05, 4.69) is 38.3 Å². The van der Waals surface area contributed by atoms with Gasteiger partial charge in [-0.25, -0.2) is 0 Å². The zero-order chi connectivity index (χ0) is 8.32. The minimum atomic E-state index is 0.0127. The van der Waals surface area contributed by atoms with Gasteiger partial charge in [0.05, 0.1) is 0 Å². The fourth-order valence-electron chi connectivity index (χ4n) is 1.36. The van der Waals surface area contributed by atoms with Gasteiger partial charge in [0.25, 0.3) is 0 Å². The molecule has 0 heterocycles. The van der Waals surface area contributed by atoms with Crippen molar-refractivity contribution in [3.63, 3.8) is 0 Å². The van der Waals surface area contributed by atoms with Crippen molar-refractivity contribution in [3.05, 3.63) is 49.1 Å². The molecule has 0 aromatic rings. The summed E-state index contributed by atoms with van der Waals surface area (Å²) in [4.78, 5) is 0. The van der Waals surface area contributed by atoms with Crippen LogP contribution < -0.4 is 0 Å². The summed E-state index contributed by atoms with van der Waals surface area (Å²) in [6.45, 7) is 9.75. The highest BCUT2D eigenvalue weighted by Gasteiger charge is 2.20. The molecule has 0 saturated heterocycles. The van der Waals surface area contributed by atoms with Crippen molar-refractivity contribution >= 4 is 0 Å². The van der Waals surface area contributed by atoms with Crippen LogP contribution >= 0.6 is 0 Å². The Kier molecular flexibility index (Phi) is 2.13. The molecule has 0 heteroatoms. The number of hydrogen-bond acceptors (Lipinski definition) is 0. The molecule has 0 bridgehead atoms. The fourth-order valence-corrected chi connectivity index (χ4v) is 1.36. The summed E-state index contributed by atoms with van der Waals surface area (Å²) in [7, 11) is 0. The first-order valence-corrected chi connectivity index (χ1v) is 3.84. The standard InChI is InChI=1S/C11H14/c1-4-11(5-2)8-6-7-10(3)9-11/h4-8H,1-2,9H2,3H3. The van der Waals surface area contributed by atoms with Gasteiger partial charge in [0.15, 0.2) is 0 Å². The molecule has 0 radical (unpaired) electrons. The predicted octanol–water partition coefficient (Wildman–Crippen LogP) is 3.25. The van der Waals surface area contributed by atoms with E-state index < -0.39 is 0 Å². The largest absolute Gasteiger partial charge is 0.102 e. The quantitative estimate of drug-likeness (QED) is 0.524. The molecule has 0 fully saturated rings. The molecule has 0 N–H and O–H groups in total. The highest BCUT2D eigenvalue weighted by molar-refractivity contribution is 5.30. The van der Waals surface area contributed by atoms with E-state index in [0.29, 0.717) is 0 Å². The SMILES string of the molecule is C=CC1(C=C)C=CC=C(C)C1. The summed E-state index contributed by atoms with van der Waals surface area (Å²) in [5, 5.41) is 0. The average molecular weight is 146 g/mol. The first-order chi connectivity index (χ1) is 5.22. The molecule has 0 atom stereocenters. The number of rotatable bonds is 2. The highest BCUT2D eigenvalue weighted by atomic mass is 14.2. The third-order valence-electron chi connectivity index (χ3n) is 2.13. The summed E-state index contributed by atoms with van der Waals surface area (Å²) < 4.78 is 0. The normalized spacial score (nSPS) is 20.6. The summed E-state index contributed by atoms with van der Waals surface area (Å²) >= 11 is 0. The Hall–Kier alpha value is -1.04. The number of hydrogen-bond donors (Lipinski definition) is 0. The van der Waals surface area contributed by atoms with E-state index in [4.69, 9.17) is 0 Å². The molecule has 1 aliphatic carbocycles. The Labute approximate surface area is 68.6 Å². The zero-order valence-corrected chi connectivity index (χ0v) is 7.01. The molecule has 0 spiro atoms. The van der Waals surface area contributed by atoms with Gasteiger partial charge in [0.1, 0.15) is 0 Å². The Bertz CT molecular complexity index is 220. The molecule has 1 rings (SSSR count). The van der Waals surface area contributed by atoms with Crippen LogP contribution in [0.25, 0.3) is 0 Å². The Morgan fingerprint density at radius 2 is 2.09 bits per heavy atom. The smallest absolute Gasteiger partial charge is 0.0277 e. The van der Waals surface area contributed by atoms with E-state index in [-0.39, 0.29) is 5.41 Å². The highest BCUT2D eigenvalue weighted by Crippen LogP contribution is 2.33. The minimum absolute atomic E-state index is 0.0127. The van der Waals surface area contributed by atoms with Gasteiger partial charge in [-0.1, -0.05) is 36.0 Å². The van der Waals surface area contributed by atoms with Gasteiger partial charge < -0.3 is 0 Å². The van der Waals surface area contributed by atoms with Crippen LogP contribution in [-0.4, -0.2) is 0 Å². The van der Waals surface area contributed by atoms with Gasteiger partial charge in [-0.15, -0.1) is 13.2 Å². The van der Waals surface area contributed by atoms with Crippen molar-refractivity contribution in [1.82, 2.24) is 0 Å². The van der Waals surface area contributed by atoms with E-state index in [1.54, 1.807) is 0 Å². The van der Waals surface area contributed by atoms with E-state index in [1.807, 2.05) is 12.2 Å². The molecule has 0 aliphatic heterocycles. The van der Waals surface area contributed by atoms with Crippen LogP contribution in [0, 0.1) is 5.41 Å². The van der Waals surface area contributed by atoms with Crippen molar-refractivity contribution in [1.29, 1.82) is 0 Å². The van der Waals surface area contributed by atoms with E-state index in [0.717, 1.165) is 6.42 Å². The van der Waals surface area contributed by atoms with Crippen LogP contribution in [0.3, 0.4) is 0 Å². The Morgan fingerprint density at radius 1 is 1.45 bits per heavy atom. The van der Waals surface area contributed by atoms with Crippen LogP contribution in [0.15, 0.2) is 49.1 Å². The molecule has 0 nitrogen and oxygen atoms in total. The molecule has 0 amide bonds. The maximum absolute atomic E-state index is 3.81. The predicted molar refractivity (Wildman–Crippen MR) is 50.3 cm³/mol. The average Bonchev–Trinajstić information content (AvgIpc) is 2.04. The van der Waals surface area contributed by atoms with Crippen LogP contribution in [0.4, 0.5) is 0 Å². The maximum Gasteiger partial charge on any atom is 0.0277 e. The lowest BCUT2D eigenvalue weighted by atomic mass is 9.79. The lowest BCUT2D eigenvalue weighted by Crippen LogP contribution is -2.13. The fraction of sp³-hybridized carbons (Fsp3) is 0.273. The summed E-state index contributed by atoms with van der Waals surface area (Å²) in [6, 6.07) is 0. The lowest BCUT2D eigenvalue weighted by molar-refractivity contribution is 0.615. The molecular formula is C11H14. The van der Waals surface area contributed by atoms with Crippen LogP contribution in [0.1, 0.15) is 13.3 Å². The maximum atomic E-state index is 3.81. The second-order valence-electron chi connectivity index (χ2n) is 3.07. The van der Waals surface area contributed by atoms with Crippen LogP contribution in [-0.2, 0) is 0 Å². The van der Waals surface area contributed by atoms with Gasteiger partial charge >= 0.3 is 0 Å². The third kappa shape index (κ3) is 1.51. The van der Waals surface area contributed by atoms with Gasteiger partial charge in [0.2, 0.25) is 0 Å². The lowest BCUT2D eigenvalue weighted by Gasteiger charge is -2.25. The van der Waals surface area contributed by atoms with Gasteiger partial charge in [0, 0.05) is 5.41 Å². The van der Waals surface area contributed by atoms with Gasteiger partial charge in [-0.3, -0.25) is 0 Å². The topological polar surface area (TPSA) is 0 Å². The molecule has 0 aromatic carbocycles. The van der Waals surface area contributed by atoms with E-state index in [1.165, 1.54) is 5.57 Å². The van der Waals surface area contributed by atoms with Crippen molar-refractivity contribution in [2.75, 3.05) is 0 Å². The minimum Gasteiger partial charge on any atom is -0.102 e. The first-order valence-electron chi connectivity index (χ1n) is 3.84. The molecule has 0 aromatic heterocycles. The zero-order valence-electron chi connectivity index (χ0n) is 7.01. The molecule has 0 saturated carbocycles. The van der Waals surface area contributed by atoms with Gasteiger partial charge in [-0.05, 0) is 13.3 Å². The van der Waals surface area contributed by atoms with Crippen molar-refractivity contribution in [3.8, 4) is 0 Å². The van der Waals surface area contributed by atoms with Gasteiger partial charge in [-0.2, -0.15) is 0 Å². The summed E-state index contributed by atoms with van der Waals surface area (Å²) in [5.74, 6) is 0. The Morgan fingerprint density at radius 3 is 2.45 bits per heavy atom. The van der Waals surface area contributed by atoms with Crippen molar-refractivity contribution in [2.45, 2.75) is 13.3 Å². The second kappa shape index (κ2) is 2.91. The second-order valence-corrected chi connectivity index (χ2v) is 3.07. The Balaban J connectivity index is 2.91. The molecule has 11 heavy (non-hydrogen) atoms.